The number of amides is 1. The fraction of sp³-hybridized carbons (Fsp3) is 0.286. The molecule has 1 N–H and O–H groups in total. The van der Waals surface area contributed by atoms with E-state index in [4.69, 9.17) is 4.74 Å². The maximum atomic E-state index is 11.2. The Balaban J connectivity index is 0.000000534. The smallest absolute Gasteiger partial charge is 0.337 e. The number of carbonyl (C=O) groups is 4. The Kier molecular flexibility index (Phi) is 8.61. The van der Waals surface area contributed by atoms with Crippen molar-refractivity contribution in [3.05, 3.63) is 23.8 Å². The van der Waals surface area contributed by atoms with Crippen LogP contribution in [-0.4, -0.2) is 38.5 Å². The molecule has 0 unspecified atom stereocenters. The zero-order valence-electron chi connectivity index (χ0n) is 12.7. The van der Waals surface area contributed by atoms with Crippen molar-refractivity contribution in [2.24, 2.45) is 0 Å². The average molecular weight is 311 g/mol. The molecule has 0 fully saturated rings. The van der Waals surface area contributed by atoms with Gasteiger partial charge in [-0.05, 0) is 18.2 Å². The number of esters is 3. The first-order chi connectivity index (χ1) is 10.3. The first-order valence-electron chi connectivity index (χ1n) is 6.01. The fourth-order valence-electron chi connectivity index (χ4n) is 1.32. The summed E-state index contributed by atoms with van der Waals surface area (Å²) in [6.45, 7) is 2.36. The number of rotatable bonds is 4. The summed E-state index contributed by atoms with van der Waals surface area (Å²) in [6.07, 6.45) is 0.537. The van der Waals surface area contributed by atoms with E-state index in [-0.39, 0.29) is 0 Å². The molecule has 1 rings (SSSR count). The van der Waals surface area contributed by atoms with E-state index in [0.29, 0.717) is 23.4 Å². The Morgan fingerprint density at radius 3 is 2.05 bits per heavy atom. The number of nitrogens with one attached hydrogen (secondary N) is 1. The predicted octanol–water partition coefficient (Wildman–Crippen LogP) is 1.15. The van der Waals surface area contributed by atoms with E-state index < -0.39 is 17.9 Å². The number of hydrogen-bond acceptors (Lipinski definition) is 7. The molecule has 0 heterocycles. The minimum Gasteiger partial charge on any atom is -0.495 e. The summed E-state index contributed by atoms with van der Waals surface area (Å²) >= 11 is 0. The summed E-state index contributed by atoms with van der Waals surface area (Å²) in [4.78, 5) is 41.1. The molecule has 0 saturated heterocycles. The molecule has 0 aliphatic heterocycles. The van der Waals surface area contributed by atoms with Crippen molar-refractivity contribution in [3.63, 3.8) is 0 Å². The highest BCUT2D eigenvalue weighted by molar-refractivity contribution is 5.91. The number of hydrogen-bond donors (Lipinski definition) is 1. The Hall–Kier alpha value is -2.90. The quantitative estimate of drug-likeness (QED) is 0.504. The molecule has 0 atom stereocenters. The molecule has 120 valence electrons. The van der Waals surface area contributed by atoms with Gasteiger partial charge in [0, 0.05) is 13.8 Å². The van der Waals surface area contributed by atoms with Crippen LogP contribution < -0.4 is 10.1 Å². The van der Waals surface area contributed by atoms with Gasteiger partial charge in [0.2, 0.25) is 6.41 Å². The van der Waals surface area contributed by atoms with Crippen molar-refractivity contribution < 1.29 is 33.4 Å². The summed E-state index contributed by atoms with van der Waals surface area (Å²) in [5, 5.41) is 2.45. The van der Waals surface area contributed by atoms with Crippen LogP contribution in [0, 0.1) is 0 Å². The molecule has 0 bridgehead atoms. The van der Waals surface area contributed by atoms with Crippen LogP contribution in [0.3, 0.4) is 0 Å². The Labute approximate surface area is 127 Å². The average Bonchev–Trinajstić information content (AvgIpc) is 2.46. The Bertz CT molecular complexity index is 542. The molecule has 8 nitrogen and oxygen atoms in total. The second kappa shape index (κ2) is 9.92. The topological polar surface area (TPSA) is 108 Å². The van der Waals surface area contributed by atoms with Crippen LogP contribution in [-0.2, 0) is 23.9 Å². The maximum Gasteiger partial charge on any atom is 0.337 e. The van der Waals surface area contributed by atoms with E-state index in [1.54, 1.807) is 12.1 Å². The lowest BCUT2D eigenvalue weighted by molar-refractivity contribution is -0.156. The second-order valence-corrected chi connectivity index (χ2v) is 3.75. The zero-order chi connectivity index (χ0) is 17.1. The normalized spacial score (nSPS) is 8.73. The zero-order valence-corrected chi connectivity index (χ0v) is 12.7. The fourth-order valence-corrected chi connectivity index (χ4v) is 1.32. The minimum absolute atomic E-state index is 0.366. The summed E-state index contributed by atoms with van der Waals surface area (Å²) in [6, 6.07) is 4.61. The monoisotopic (exact) mass is 311 g/mol. The molecule has 0 aromatic heterocycles. The summed E-state index contributed by atoms with van der Waals surface area (Å²) in [5.41, 5.74) is 0.867. The van der Waals surface area contributed by atoms with Gasteiger partial charge in [0.05, 0.1) is 25.5 Å². The minimum atomic E-state index is -0.562. The van der Waals surface area contributed by atoms with E-state index in [1.165, 1.54) is 34.1 Å². The molecule has 0 aliphatic carbocycles. The number of benzene rings is 1. The van der Waals surface area contributed by atoms with Gasteiger partial charge in [-0.3, -0.25) is 14.4 Å². The Morgan fingerprint density at radius 2 is 1.68 bits per heavy atom. The SMILES string of the molecule is CC(=O)OC(C)=O.COC(=O)c1ccc(NC=O)c(OC)c1. The van der Waals surface area contributed by atoms with Gasteiger partial charge in [0.15, 0.2) is 0 Å². The van der Waals surface area contributed by atoms with Gasteiger partial charge in [-0.1, -0.05) is 0 Å². The lowest BCUT2D eigenvalue weighted by atomic mass is 10.2. The first-order valence-corrected chi connectivity index (χ1v) is 6.01. The van der Waals surface area contributed by atoms with Crippen LogP contribution in [0.1, 0.15) is 24.2 Å². The third-order valence-electron chi connectivity index (χ3n) is 2.12. The van der Waals surface area contributed by atoms with Crippen LogP contribution in [0.2, 0.25) is 0 Å². The number of carbonyl (C=O) groups excluding carboxylic acids is 4. The first kappa shape index (κ1) is 19.1. The second-order valence-electron chi connectivity index (χ2n) is 3.75. The van der Waals surface area contributed by atoms with Gasteiger partial charge < -0.3 is 19.5 Å². The van der Waals surface area contributed by atoms with E-state index in [9.17, 15) is 19.2 Å². The standard InChI is InChI=1S/C10H11NO4.C4H6O3/c1-14-9-5-7(10(13)15-2)3-4-8(9)11-6-12;1-3(5)7-4(2)6/h3-6H,1-2H3,(H,11,12);1-2H3. The van der Waals surface area contributed by atoms with Gasteiger partial charge in [-0.15, -0.1) is 0 Å². The van der Waals surface area contributed by atoms with Crippen molar-refractivity contribution in [2.75, 3.05) is 19.5 Å². The molecule has 0 radical (unpaired) electrons. The van der Waals surface area contributed by atoms with Gasteiger partial charge in [0.25, 0.3) is 0 Å². The third kappa shape index (κ3) is 7.04. The molecule has 0 aliphatic rings. The van der Waals surface area contributed by atoms with Crippen molar-refractivity contribution in [2.45, 2.75) is 13.8 Å². The number of ether oxygens (including phenoxy) is 3. The van der Waals surface area contributed by atoms with Crippen LogP contribution >= 0.6 is 0 Å². The lowest BCUT2D eigenvalue weighted by Crippen LogP contribution is -2.03. The summed E-state index contributed by atoms with van der Waals surface area (Å²) in [5.74, 6) is -1.17. The molecule has 1 amide bonds. The largest absolute Gasteiger partial charge is 0.495 e. The van der Waals surface area contributed by atoms with Crippen LogP contribution in [0.5, 0.6) is 5.75 Å². The highest BCUT2D eigenvalue weighted by atomic mass is 16.6. The molecule has 1 aromatic rings. The predicted molar refractivity (Wildman–Crippen MR) is 76.5 cm³/mol. The van der Waals surface area contributed by atoms with Gasteiger partial charge in [-0.2, -0.15) is 0 Å². The molecule has 0 spiro atoms. The lowest BCUT2D eigenvalue weighted by Gasteiger charge is -2.08. The van der Waals surface area contributed by atoms with Gasteiger partial charge in [-0.25, -0.2) is 4.79 Å². The highest BCUT2D eigenvalue weighted by Gasteiger charge is 2.09. The van der Waals surface area contributed by atoms with Crippen molar-refractivity contribution in [1.29, 1.82) is 0 Å². The summed E-state index contributed by atoms with van der Waals surface area (Å²) < 4.78 is 13.5. The molecule has 8 heteroatoms. The molecule has 22 heavy (non-hydrogen) atoms. The third-order valence-corrected chi connectivity index (χ3v) is 2.12. The van der Waals surface area contributed by atoms with E-state index in [2.05, 4.69) is 14.8 Å². The maximum absolute atomic E-state index is 11.2. The number of anilines is 1. The highest BCUT2D eigenvalue weighted by Crippen LogP contribution is 2.25. The molecular formula is C14H17NO7. The van der Waals surface area contributed by atoms with Crippen molar-refractivity contribution >= 4 is 30.0 Å². The van der Waals surface area contributed by atoms with Crippen LogP contribution in [0.4, 0.5) is 5.69 Å². The van der Waals surface area contributed by atoms with E-state index in [0.717, 1.165) is 0 Å². The molecule has 1 aromatic carbocycles. The number of methoxy groups -OCH3 is 2. The van der Waals surface area contributed by atoms with Crippen molar-refractivity contribution in [3.8, 4) is 5.75 Å². The van der Waals surface area contributed by atoms with E-state index >= 15 is 0 Å². The van der Waals surface area contributed by atoms with Gasteiger partial charge in [0.1, 0.15) is 5.75 Å². The van der Waals surface area contributed by atoms with Gasteiger partial charge >= 0.3 is 17.9 Å². The van der Waals surface area contributed by atoms with E-state index in [1.807, 2.05) is 0 Å². The summed E-state index contributed by atoms with van der Waals surface area (Å²) in [7, 11) is 2.75. The molecular weight excluding hydrogens is 294 g/mol. The van der Waals surface area contributed by atoms with Crippen LogP contribution in [0.15, 0.2) is 18.2 Å². The van der Waals surface area contributed by atoms with Crippen molar-refractivity contribution in [1.82, 2.24) is 0 Å². The Morgan fingerprint density at radius 1 is 1.09 bits per heavy atom. The van der Waals surface area contributed by atoms with Crippen LogP contribution in [0.25, 0.3) is 0 Å². The molecule has 0 saturated carbocycles.